The summed E-state index contributed by atoms with van der Waals surface area (Å²) >= 11 is 0. The molecule has 1 aliphatic rings. The maximum absolute atomic E-state index is 5.82. The summed E-state index contributed by atoms with van der Waals surface area (Å²) in [7, 11) is 0. The van der Waals surface area contributed by atoms with Crippen molar-refractivity contribution in [1.29, 1.82) is 0 Å². The highest BCUT2D eigenvalue weighted by atomic mass is 16.5. The largest absolute Gasteiger partial charge is 0.492 e. The van der Waals surface area contributed by atoms with Crippen LogP contribution < -0.4 is 15.8 Å². The van der Waals surface area contributed by atoms with Gasteiger partial charge in [0.2, 0.25) is 5.95 Å². The minimum absolute atomic E-state index is 0.517. The maximum atomic E-state index is 5.82. The van der Waals surface area contributed by atoms with E-state index in [1.807, 2.05) is 24.3 Å². The van der Waals surface area contributed by atoms with Gasteiger partial charge in [0.1, 0.15) is 12.4 Å². The van der Waals surface area contributed by atoms with Crippen molar-refractivity contribution in [3.8, 4) is 5.75 Å². The molecular weight excluding hydrogens is 278 g/mol. The minimum Gasteiger partial charge on any atom is -0.492 e. The van der Waals surface area contributed by atoms with Crippen LogP contribution in [0.3, 0.4) is 0 Å². The van der Waals surface area contributed by atoms with E-state index in [-0.39, 0.29) is 0 Å². The Kier molecular flexibility index (Phi) is 4.70. The highest BCUT2D eigenvalue weighted by molar-refractivity contribution is 5.56. The Hall–Kier alpha value is -2.34. The molecule has 2 heterocycles. The van der Waals surface area contributed by atoms with Gasteiger partial charge in [0.15, 0.2) is 0 Å². The molecular formula is C16H21N5O. The fourth-order valence-electron chi connectivity index (χ4n) is 2.49. The van der Waals surface area contributed by atoms with Gasteiger partial charge >= 0.3 is 0 Å². The normalized spacial score (nSPS) is 14.9. The van der Waals surface area contributed by atoms with Gasteiger partial charge in [0.05, 0.1) is 18.1 Å². The maximum Gasteiger partial charge on any atom is 0.227 e. The summed E-state index contributed by atoms with van der Waals surface area (Å²) in [6.45, 7) is 4.08. The first-order valence-corrected chi connectivity index (χ1v) is 7.59. The van der Waals surface area contributed by atoms with Crippen LogP contribution in [0.1, 0.15) is 12.8 Å². The summed E-state index contributed by atoms with van der Waals surface area (Å²) in [5.41, 5.74) is 7.01. The van der Waals surface area contributed by atoms with Crippen molar-refractivity contribution in [2.24, 2.45) is 0 Å². The van der Waals surface area contributed by atoms with E-state index in [2.05, 4.69) is 20.2 Å². The highest BCUT2D eigenvalue weighted by Gasteiger charge is 2.10. The van der Waals surface area contributed by atoms with Gasteiger partial charge < -0.3 is 15.8 Å². The van der Waals surface area contributed by atoms with Gasteiger partial charge in [-0.05, 0) is 38.1 Å². The van der Waals surface area contributed by atoms with E-state index in [1.54, 1.807) is 12.4 Å². The zero-order chi connectivity index (χ0) is 15.2. The van der Waals surface area contributed by atoms with Crippen LogP contribution >= 0.6 is 0 Å². The molecule has 1 aromatic carbocycles. The van der Waals surface area contributed by atoms with Crippen LogP contribution in [-0.2, 0) is 0 Å². The van der Waals surface area contributed by atoms with Crippen molar-refractivity contribution in [3.63, 3.8) is 0 Å². The molecule has 6 heteroatoms. The number of hydrogen-bond acceptors (Lipinski definition) is 6. The van der Waals surface area contributed by atoms with Crippen LogP contribution in [-0.4, -0.2) is 41.1 Å². The Bertz CT molecular complexity index is 596. The van der Waals surface area contributed by atoms with Crippen molar-refractivity contribution in [2.45, 2.75) is 12.8 Å². The van der Waals surface area contributed by atoms with Gasteiger partial charge in [0.25, 0.3) is 0 Å². The molecule has 0 atom stereocenters. The van der Waals surface area contributed by atoms with Crippen molar-refractivity contribution in [1.82, 2.24) is 14.9 Å². The third kappa shape index (κ3) is 4.08. The third-order valence-corrected chi connectivity index (χ3v) is 3.64. The molecule has 0 radical (unpaired) electrons. The van der Waals surface area contributed by atoms with Crippen LogP contribution in [0.5, 0.6) is 5.75 Å². The molecule has 2 aromatic rings. The van der Waals surface area contributed by atoms with Crippen molar-refractivity contribution >= 4 is 17.3 Å². The molecule has 0 aliphatic carbocycles. The number of likely N-dealkylation sites (tertiary alicyclic amines) is 1. The first-order valence-electron chi connectivity index (χ1n) is 7.59. The van der Waals surface area contributed by atoms with Crippen molar-refractivity contribution in [2.75, 3.05) is 37.3 Å². The fourth-order valence-corrected chi connectivity index (χ4v) is 2.49. The van der Waals surface area contributed by atoms with E-state index in [0.29, 0.717) is 18.2 Å². The minimum atomic E-state index is 0.517. The average molecular weight is 299 g/mol. The second-order valence-corrected chi connectivity index (χ2v) is 5.39. The lowest BCUT2D eigenvalue weighted by Crippen LogP contribution is -2.25. The summed E-state index contributed by atoms with van der Waals surface area (Å²) < 4.78 is 5.82. The quantitative estimate of drug-likeness (QED) is 0.852. The van der Waals surface area contributed by atoms with Crippen LogP contribution in [0.2, 0.25) is 0 Å². The summed E-state index contributed by atoms with van der Waals surface area (Å²) in [4.78, 5) is 10.7. The van der Waals surface area contributed by atoms with Crippen LogP contribution in [0.15, 0.2) is 36.7 Å². The lowest BCUT2D eigenvalue weighted by Gasteiger charge is -2.15. The van der Waals surface area contributed by atoms with E-state index >= 15 is 0 Å². The molecule has 1 aromatic heterocycles. The molecule has 6 nitrogen and oxygen atoms in total. The van der Waals surface area contributed by atoms with Gasteiger partial charge in [-0.2, -0.15) is 0 Å². The molecule has 0 bridgehead atoms. The number of hydrogen-bond donors (Lipinski definition) is 2. The third-order valence-electron chi connectivity index (χ3n) is 3.64. The number of rotatable bonds is 6. The van der Waals surface area contributed by atoms with E-state index in [0.717, 1.165) is 18.0 Å². The molecule has 3 N–H and O–H groups in total. The standard InChI is InChI=1S/C16H21N5O/c17-13-11-18-16(19-12-13)20-14-4-3-5-15(10-14)22-9-8-21-6-1-2-7-21/h3-5,10-12H,1-2,6-9,17H2,(H,18,19,20). The van der Waals surface area contributed by atoms with Crippen LogP contribution in [0, 0.1) is 0 Å². The number of nitrogens with one attached hydrogen (secondary N) is 1. The highest BCUT2D eigenvalue weighted by Crippen LogP contribution is 2.20. The van der Waals surface area contributed by atoms with Gasteiger partial charge in [0, 0.05) is 18.3 Å². The van der Waals surface area contributed by atoms with Gasteiger partial charge in [-0.25, -0.2) is 9.97 Å². The number of benzene rings is 1. The molecule has 1 aliphatic heterocycles. The van der Waals surface area contributed by atoms with E-state index in [9.17, 15) is 0 Å². The number of ether oxygens (including phenoxy) is 1. The van der Waals surface area contributed by atoms with Crippen LogP contribution in [0.4, 0.5) is 17.3 Å². The Morgan fingerprint density at radius 1 is 1.18 bits per heavy atom. The van der Waals surface area contributed by atoms with Gasteiger partial charge in [-0.3, -0.25) is 4.90 Å². The first kappa shape index (κ1) is 14.6. The molecule has 1 fully saturated rings. The molecule has 3 rings (SSSR count). The predicted octanol–water partition coefficient (Wildman–Crippen LogP) is 2.28. The van der Waals surface area contributed by atoms with Gasteiger partial charge in [-0.1, -0.05) is 6.07 Å². The lowest BCUT2D eigenvalue weighted by molar-refractivity contribution is 0.238. The second-order valence-electron chi connectivity index (χ2n) is 5.39. The molecule has 1 saturated heterocycles. The molecule has 0 amide bonds. The Morgan fingerprint density at radius 3 is 2.73 bits per heavy atom. The van der Waals surface area contributed by atoms with Crippen molar-refractivity contribution in [3.05, 3.63) is 36.7 Å². The molecule has 0 spiro atoms. The van der Waals surface area contributed by atoms with Crippen LogP contribution in [0.25, 0.3) is 0 Å². The van der Waals surface area contributed by atoms with E-state index in [1.165, 1.54) is 25.9 Å². The van der Waals surface area contributed by atoms with E-state index in [4.69, 9.17) is 10.5 Å². The second kappa shape index (κ2) is 7.09. The SMILES string of the molecule is Nc1cnc(Nc2cccc(OCCN3CCCC3)c2)nc1. The Balaban J connectivity index is 1.53. The Morgan fingerprint density at radius 2 is 1.95 bits per heavy atom. The molecule has 22 heavy (non-hydrogen) atoms. The number of nitrogens with two attached hydrogens (primary N) is 1. The summed E-state index contributed by atoms with van der Waals surface area (Å²) in [6, 6.07) is 7.81. The zero-order valence-corrected chi connectivity index (χ0v) is 12.5. The topological polar surface area (TPSA) is 76.3 Å². The zero-order valence-electron chi connectivity index (χ0n) is 12.5. The summed E-state index contributed by atoms with van der Waals surface area (Å²) in [5, 5.41) is 3.13. The predicted molar refractivity (Wildman–Crippen MR) is 87.3 cm³/mol. The smallest absolute Gasteiger partial charge is 0.227 e. The number of anilines is 3. The summed E-state index contributed by atoms with van der Waals surface area (Å²) in [5.74, 6) is 1.36. The number of nitrogens with zero attached hydrogens (tertiary/aromatic N) is 3. The fraction of sp³-hybridized carbons (Fsp3) is 0.375. The number of aromatic nitrogens is 2. The molecule has 0 saturated carbocycles. The van der Waals surface area contributed by atoms with Gasteiger partial charge in [-0.15, -0.1) is 0 Å². The molecule has 116 valence electrons. The number of nitrogen functional groups attached to an aromatic ring is 1. The lowest BCUT2D eigenvalue weighted by atomic mass is 10.3. The molecule has 0 unspecified atom stereocenters. The monoisotopic (exact) mass is 299 g/mol. The van der Waals surface area contributed by atoms with E-state index < -0.39 is 0 Å². The first-order chi connectivity index (χ1) is 10.8. The average Bonchev–Trinajstić information content (AvgIpc) is 3.03. The Labute approximate surface area is 130 Å². The van der Waals surface area contributed by atoms with Crippen molar-refractivity contribution < 1.29 is 4.74 Å². The summed E-state index contributed by atoms with van der Waals surface area (Å²) in [6.07, 6.45) is 5.76.